The first-order chi connectivity index (χ1) is 17.0. The fourth-order valence-electron chi connectivity index (χ4n) is 3.52. The van der Waals surface area contributed by atoms with E-state index in [1.807, 2.05) is 50.2 Å². The summed E-state index contributed by atoms with van der Waals surface area (Å²) in [7, 11) is 0. The number of nitrogen functional groups attached to an aromatic ring is 1. The number of hydrogen-bond acceptors (Lipinski definition) is 5. The van der Waals surface area contributed by atoms with Gasteiger partial charge in [0.15, 0.2) is 5.82 Å². The number of H-pyrrole nitrogens is 1. The number of hydrogen-bond donors (Lipinski definition) is 3. The minimum atomic E-state index is -0.305. The smallest absolute Gasteiger partial charge is 0.158 e. The summed E-state index contributed by atoms with van der Waals surface area (Å²) < 4.78 is 19.1. The molecule has 0 aliphatic carbocycles. The molecule has 0 fully saturated rings. The zero-order valence-electron chi connectivity index (χ0n) is 19.3. The Bertz CT molecular complexity index is 1450. The minimum Gasteiger partial charge on any atom is -0.487 e. The van der Waals surface area contributed by atoms with Crippen molar-refractivity contribution in [1.82, 2.24) is 15.0 Å². The summed E-state index contributed by atoms with van der Waals surface area (Å²) in [5.41, 5.74) is 11.4. The van der Waals surface area contributed by atoms with Gasteiger partial charge in [0.25, 0.3) is 0 Å². The van der Waals surface area contributed by atoms with E-state index in [0.717, 1.165) is 33.5 Å². The number of aromatic nitrogens is 3. The molecule has 4 N–H and O–H groups in total. The number of nitrogens with zero attached hydrogens (tertiary/aromatic N) is 2. The Morgan fingerprint density at radius 3 is 2.60 bits per heavy atom. The topological polar surface area (TPSA) is 88.8 Å². The molecule has 0 aliphatic heterocycles. The number of fused-ring (bicyclic) bond motifs is 1. The normalized spacial score (nSPS) is 10.5. The molecule has 0 unspecified atom stereocenters. The first-order valence-corrected chi connectivity index (χ1v) is 11.6. The van der Waals surface area contributed by atoms with Gasteiger partial charge in [0, 0.05) is 22.6 Å². The van der Waals surface area contributed by atoms with E-state index in [4.69, 9.17) is 22.1 Å². The van der Waals surface area contributed by atoms with Gasteiger partial charge in [-0.3, -0.25) is 0 Å². The second-order valence-electron chi connectivity index (χ2n) is 7.48. The Morgan fingerprint density at radius 1 is 1.00 bits per heavy atom. The summed E-state index contributed by atoms with van der Waals surface area (Å²) in [5, 5.41) is 3.70. The van der Waals surface area contributed by atoms with Crippen LogP contribution >= 0.6 is 11.6 Å². The summed E-state index contributed by atoms with van der Waals surface area (Å²) in [6.07, 6.45) is 1.50. The van der Waals surface area contributed by atoms with Crippen LogP contribution in [0.25, 0.3) is 22.3 Å². The van der Waals surface area contributed by atoms with Gasteiger partial charge in [0.2, 0.25) is 0 Å². The van der Waals surface area contributed by atoms with Crippen molar-refractivity contribution >= 4 is 39.8 Å². The Hall–Kier alpha value is -4.10. The summed E-state index contributed by atoms with van der Waals surface area (Å²) in [6.45, 7) is 4.21. The summed E-state index contributed by atoms with van der Waals surface area (Å²) in [5.74, 6) is 0.809. The molecule has 0 spiro atoms. The maximum Gasteiger partial charge on any atom is 0.158 e. The molecule has 0 atom stereocenters. The number of nitrogens with one attached hydrogen (secondary N) is 2. The molecule has 0 aliphatic rings. The molecule has 8 heteroatoms. The summed E-state index contributed by atoms with van der Waals surface area (Å²) in [6, 6.07) is 21.2. The van der Waals surface area contributed by atoms with Crippen molar-refractivity contribution in [3.63, 3.8) is 0 Å². The molecule has 5 rings (SSSR count). The van der Waals surface area contributed by atoms with Crippen LogP contribution in [-0.4, -0.2) is 15.0 Å². The zero-order valence-corrected chi connectivity index (χ0v) is 20.1. The van der Waals surface area contributed by atoms with E-state index < -0.39 is 0 Å². The van der Waals surface area contributed by atoms with Crippen molar-refractivity contribution in [2.45, 2.75) is 20.5 Å². The predicted octanol–water partition coefficient (Wildman–Crippen LogP) is 7.35. The molecule has 35 heavy (non-hydrogen) atoms. The van der Waals surface area contributed by atoms with Gasteiger partial charge in [0.1, 0.15) is 30.0 Å². The largest absolute Gasteiger partial charge is 0.487 e. The number of aromatic amines is 1. The Kier molecular flexibility index (Phi) is 7.48. The number of nitrogens with two attached hydrogens (primary N) is 1. The van der Waals surface area contributed by atoms with E-state index >= 15 is 0 Å². The highest BCUT2D eigenvalue weighted by molar-refractivity contribution is 6.32. The molecule has 5 aromatic rings. The number of ether oxygens (including phenoxy) is 1. The summed E-state index contributed by atoms with van der Waals surface area (Å²) in [4.78, 5) is 12.1. The highest BCUT2D eigenvalue weighted by Crippen LogP contribution is 2.32. The van der Waals surface area contributed by atoms with E-state index in [1.165, 1.54) is 18.5 Å². The lowest BCUT2D eigenvalue weighted by atomic mass is 10.1. The fraction of sp³-hybridized carbons (Fsp3) is 0.111. The van der Waals surface area contributed by atoms with Crippen molar-refractivity contribution < 1.29 is 9.13 Å². The highest BCUT2D eigenvalue weighted by Gasteiger charge is 2.11. The molecule has 0 saturated heterocycles. The number of rotatable bonds is 6. The van der Waals surface area contributed by atoms with Gasteiger partial charge in [-0.25, -0.2) is 14.4 Å². The van der Waals surface area contributed by atoms with E-state index in [9.17, 15) is 4.39 Å². The molecule has 0 saturated carbocycles. The Morgan fingerprint density at radius 2 is 1.83 bits per heavy atom. The number of anilines is 3. The minimum absolute atomic E-state index is 0.214. The van der Waals surface area contributed by atoms with Gasteiger partial charge in [-0.1, -0.05) is 49.7 Å². The highest BCUT2D eigenvalue weighted by atomic mass is 35.5. The first-order valence-electron chi connectivity index (χ1n) is 11.2. The third-order valence-corrected chi connectivity index (χ3v) is 5.39. The average Bonchev–Trinajstić information content (AvgIpc) is 3.31. The van der Waals surface area contributed by atoms with Gasteiger partial charge in [0.05, 0.1) is 10.5 Å². The van der Waals surface area contributed by atoms with Crippen LogP contribution in [-0.2, 0) is 6.61 Å². The SMILES string of the molecule is CC.Nc1cccc(-c2cc3ncnc(Nc4ccc(OCc5cccc(F)c5)c(Cl)c4)c3[nH]2)c1. The second-order valence-corrected chi connectivity index (χ2v) is 7.89. The van der Waals surface area contributed by atoms with Crippen molar-refractivity contribution in [2.75, 3.05) is 11.1 Å². The van der Waals surface area contributed by atoms with E-state index in [1.54, 1.807) is 24.3 Å². The predicted molar refractivity (Wildman–Crippen MR) is 141 cm³/mol. The number of halogens is 2. The molecule has 3 aromatic carbocycles. The Balaban J connectivity index is 0.00000141. The van der Waals surface area contributed by atoms with Crippen LogP contribution in [0.4, 0.5) is 21.6 Å². The molecule has 0 bridgehead atoms. The third-order valence-electron chi connectivity index (χ3n) is 5.09. The van der Waals surface area contributed by atoms with Crippen LogP contribution < -0.4 is 15.8 Å². The van der Waals surface area contributed by atoms with E-state index in [-0.39, 0.29) is 12.4 Å². The van der Waals surface area contributed by atoms with Gasteiger partial charge >= 0.3 is 0 Å². The van der Waals surface area contributed by atoms with Gasteiger partial charge < -0.3 is 20.8 Å². The van der Waals surface area contributed by atoms with Gasteiger partial charge in [-0.05, 0) is 54.1 Å². The quantitative estimate of drug-likeness (QED) is 0.217. The van der Waals surface area contributed by atoms with Crippen molar-refractivity contribution in [3.05, 3.63) is 95.5 Å². The van der Waals surface area contributed by atoms with Gasteiger partial charge in [-0.2, -0.15) is 0 Å². The lowest BCUT2D eigenvalue weighted by Crippen LogP contribution is -1.98. The monoisotopic (exact) mass is 489 g/mol. The lowest BCUT2D eigenvalue weighted by Gasteiger charge is -2.11. The van der Waals surface area contributed by atoms with Crippen molar-refractivity contribution in [3.8, 4) is 17.0 Å². The van der Waals surface area contributed by atoms with Crippen LogP contribution in [0.1, 0.15) is 19.4 Å². The molecule has 2 aromatic heterocycles. The fourth-order valence-corrected chi connectivity index (χ4v) is 3.75. The van der Waals surface area contributed by atoms with Crippen molar-refractivity contribution in [1.29, 1.82) is 0 Å². The molecule has 0 radical (unpaired) electrons. The molecule has 6 nitrogen and oxygen atoms in total. The van der Waals surface area contributed by atoms with Crippen LogP contribution in [0.3, 0.4) is 0 Å². The first kappa shape index (κ1) is 24.0. The molecular formula is C27H25ClFN5O. The number of benzene rings is 3. The summed E-state index contributed by atoms with van der Waals surface area (Å²) >= 11 is 6.42. The molecular weight excluding hydrogens is 465 g/mol. The van der Waals surface area contributed by atoms with E-state index in [2.05, 4.69) is 20.3 Å². The molecule has 0 amide bonds. The Labute approximate surface area is 208 Å². The third kappa shape index (κ3) is 5.70. The van der Waals surface area contributed by atoms with Crippen molar-refractivity contribution in [2.24, 2.45) is 0 Å². The van der Waals surface area contributed by atoms with Gasteiger partial charge in [-0.15, -0.1) is 0 Å². The van der Waals surface area contributed by atoms with E-state index in [0.29, 0.717) is 22.3 Å². The van der Waals surface area contributed by atoms with Crippen LogP contribution in [0.15, 0.2) is 79.1 Å². The lowest BCUT2D eigenvalue weighted by molar-refractivity contribution is 0.306. The second kappa shape index (κ2) is 10.9. The molecule has 2 heterocycles. The average molecular weight is 490 g/mol. The van der Waals surface area contributed by atoms with Crippen LogP contribution in [0.2, 0.25) is 5.02 Å². The standard InChI is InChI=1S/C25H19ClFN5O.C2H6/c26-20-11-19(7-8-23(20)33-13-15-3-1-5-17(27)9-15)31-25-24-22(29-14-30-25)12-21(32-24)16-4-2-6-18(28)10-16;1-2/h1-12,14,32H,13,28H2,(H,29,30,31);1-2H3. The zero-order chi connectivity index (χ0) is 24.8. The van der Waals surface area contributed by atoms with Crippen LogP contribution in [0.5, 0.6) is 5.75 Å². The maximum atomic E-state index is 13.4. The molecule has 178 valence electrons. The maximum absolute atomic E-state index is 13.4. The van der Waals surface area contributed by atoms with Crippen LogP contribution in [0, 0.1) is 5.82 Å².